The molecule has 1 amide bonds. The van der Waals surface area contributed by atoms with Crippen molar-refractivity contribution in [3.63, 3.8) is 0 Å². The van der Waals surface area contributed by atoms with E-state index in [0.29, 0.717) is 12.1 Å². The van der Waals surface area contributed by atoms with Gasteiger partial charge in [-0.25, -0.2) is 4.39 Å². The molecular weight excluding hydrogens is 375 g/mol. The zero-order valence-corrected chi connectivity index (χ0v) is 17.1. The molecule has 1 aliphatic rings. The minimum atomic E-state index is -0.321. The van der Waals surface area contributed by atoms with E-state index in [4.69, 9.17) is 0 Å². The number of benzene rings is 3. The molecule has 3 aromatic rings. The van der Waals surface area contributed by atoms with Crippen LogP contribution in [0.4, 0.5) is 4.39 Å². The summed E-state index contributed by atoms with van der Waals surface area (Å²) in [5.74, 6) is -0.435. The molecule has 0 atom stereocenters. The fourth-order valence-corrected chi connectivity index (χ4v) is 4.03. The minimum Gasteiger partial charge on any atom is -0.352 e. The molecule has 0 aliphatic carbocycles. The highest BCUT2D eigenvalue weighted by Gasteiger charge is 2.12. The van der Waals surface area contributed by atoms with Crippen LogP contribution in [-0.4, -0.2) is 23.9 Å². The van der Waals surface area contributed by atoms with E-state index in [0.717, 1.165) is 23.2 Å². The summed E-state index contributed by atoms with van der Waals surface area (Å²) in [5.41, 5.74) is 5.35. The molecule has 1 fully saturated rings. The van der Waals surface area contributed by atoms with Gasteiger partial charge in [-0.15, -0.1) is 0 Å². The monoisotopic (exact) mass is 402 g/mol. The zero-order chi connectivity index (χ0) is 20.8. The highest BCUT2D eigenvalue weighted by atomic mass is 19.1. The summed E-state index contributed by atoms with van der Waals surface area (Å²) in [5, 5.41) is 2.97. The van der Waals surface area contributed by atoms with Crippen molar-refractivity contribution in [1.82, 2.24) is 10.2 Å². The standard InChI is InChI=1S/C26H27FN2O/c27-24-8-5-6-21(16-24)17-26(30)28-18-23-7-1-2-9-25(23)22-12-10-20(11-13-22)19-29-14-3-4-15-29/h1-2,5-13,16H,3-4,14-15,17-19H2,(H,28,30). The van der Waals surface area contributed by atoms with Crippen LogP contribution in [0.3, 0.4) is 0 Å². The molecule has 3 nitrogen and oxygen atoms in total. The van der Waals surface area contributed by atoms with E-state index in [1.807, 2.05) is 18.2 Å². The van der Waals surface area contributed by atoms with Crippen LogP contribution in [0, 0.1) is 5.82 Å². The number of rotatable bonds is 7. The molecule has 0 radical (unpaired) electrons. The number of likely N-dealkylation sites (tertiary alicyclic amines) is 1. The number of hydrogen-bond acceptors (Lipinski definition) is 2. The first-order valence-corrected chi connectivity index (χ1v) is 10.6. The average molecular weight is 403 g/mol. The van der Waals surface area contributed by atoms with Gasteiger partial charge >= 0.3 is 0 Å². The van der Waals surface area contributed by atoms with Crippen LogP contribution in [0.25, 0.3) is 11.1 Å². The second-order valence-corrected chi connectivity index (χ2v) is 7.92. The Morgan fingerprint density at radius 2 is 1.67 bits per heavy atom. The molecule has 0 unspecified atom stereocenters. The van der Waals surface area contributed by atoms with Crippen molar-refractivity contribution >= 4 is 5.91 Å². The molecule has 1 heterocycles. The summed E-state index contributed by atoms with van der Waals surface area (Å²) in [7, 11) is 0. The summed E-state index contributed by atoms with van der Waals surface area (Å²) >= 11 is 0. The summed E-state index contributed by atoms with van der Waals surface area (Å²) in [6.07, 6.45) is 2.78. The highest BCUT2D eigenvalue weighted by Crippen LogP contribution is 2.25. The second-order valence-electron chi connectivity index (χ2n) is 7.92. The smallest absolute Gasteiger partial charge is 0.224 e. The van der Waals surface area contributed by atoms with Gasteiger partial charge in [0.25, 0.3) is 0 Å². The van der Waals surface area contributed by atoms with Crippen LogP contribution in [0.15, 0.2) is 72.8 Å². The lowest BCUT2D eigenvalue weighted by atomic mass is 9.98. The lowest BCUT2D eigenvalue weighted by Crippen LogP contribution is -2.24. The number of carbonyl (C=O) groups excluding carboxylic acids is 1. The normalized spacial score (nSPS) is 14.0. The van der Waals surface area contributed by atoms with Gasteiger partial charge < -0.3 is 5.32 Å². The van der Waals surface area contributed by atoms with Crippen molar-refractivity contribution in [3.8, 4) is 11.1 Å². The van der Waals surface area contributed by atoms with Crippen LogP contribution >= 0.6 is 0 Å². The Morgan fingerprint density at radius 1 is 0.900 bits per heavy atom. The summed E-state index contributed by atoms with van der Waals surface area (Å²) < 4.78 is 13.3. The Hall–Kier alpha value is -2.98. The maximum absolute atomic E-state index is 13.3. The number of nitrogens with zero attached hydrogens (tertiary/aromatic N) is 1. The molecule has 1 N–H and O–H groups in total. The summed E-state index contributed by atoms with van der Waals surface area (Å²) in [6, 6.07) is 23.0. The quantitative estimate of drug-likeness (QED) is 0.607. The van der Waals surface area contributed by atoms with Gasteiger partial charge in [-0.05, 0) is 65.9 Å². The molecule has 0 spiro atoms. The number of carbonyl (C=O) groups is 1. The van der Waals surface area contributed by atoms with Crippen molar-refractivity contribution in [3.05, 3.63) is 95.3 Å². The Kier molecular flexibility index (Phi) is 6.55. The fourth-order valence-electron chi connectivity index (χ4n) is 4.03. The van der Waals surface area contributed by atoms with Crippen LogP contribution in [0.5, 0.6) is 0 Å². The van der Waals surface area contributed by atoms with Crippen LogP contribution < -0.4 is 5.32 Å². The fraction of sp³-hybridized carbons (Fsp3) is 0.269. The predicted octanol–water partition coefficient (Wildman–Crippen LogP) is 4.95. The summed E-state index contributed by atoms with van der Waals surface area (Å²) in [4.78, 5) is 14.8. The molecule has 4 heteroatoms. The van der Waals surface area contributed by atoms with Gasteiger partial charge in [0.15, 0.2) is 0 Å². The van der Waals surface area contributed by atoms with E-state index in [-0.39, 0.29) is 18.1 Å². The maximum atomic E-state index is 13.3. The maximum Gasteiger partial charge on any atom is 0.224 e. The lowest BCUT2D eigenvalue weighted by molar-refractivity contribution is -0.120. The van der Waals surface area contributed by atoms with Crippen molar-refractivity contribution < 1.29 is 9.18 Å². The molecule has 3 aromatic carbocycles. The van der Waals surface area contributed by atoms with E-state index in [1.165, 1.54) is 43.6 Å². The molecule has 1 aliphatic heterocycles. The number of amides is 1. The SMILES string of the molecule is O=C(Cc1cccc(F)c1)NCc1ccccc1-c1ccc(CN2CCCC2)cc1. The first-order valence-electron chi connectivity index (χ1n) is 10.6. The molecular formula is C26H27FN2O. The molecule has 0 aromatic heterocycles. The topological polar surface area (TPSA) is 32.3 Å². The number of nitrogens with one attached hydrogen (secondary N) is 1. The van der Waals surface area contributed by atoms with Crippen molar-refractivity contribution in [2.24, 2.45) is 0 Å². The van der Waals surface area contributed by atoms with Gasteiger partial charge in [-0.2, -0.15) is 0 Å². The van der Waals surface area contributed by atoms with Gasteiger partial charge in [-0.3, -0.25) is 9.69 Å². The predicted molar refractivity (Wildman–Crippen MR) is 118 cm³/mol. The first-order chi connectivity index (χ1) is 14.7. The Bertz CT molecular complexity index is 994. The molecule has 0 bridgehead atoms. The zero-order valence-electron chi connectivity index (χ0n) is 17.1. The van der Waals surface area contributed by atoms with E-state index in [2.05, 4.69) is 40.5 Å². The van der Waals surface area contributed by atoms with Crippen molar-refractivity contribution in [2.45, 2.75) is 32.4 Å². The van der Waals surface area contributed by atoms with E-state index in [9.17, 15) is 9.18 Å². The largest absolute Gasteiger partial charge is 0.352 e. The average Bonchev–Trinajstić information content (AvgIpc) is 3.26. The van der Waals surface area contributed by atoms with E-state index >= 15 is 0 Å². The Balaban J connectivity index is 1.40. The molecule has 154 valence electrons. The highest BCUT2D eigenvalue weighted by molar-refractivity contribution is 5.79. The molecule has 30 heavy (non-hydrogen) atoms. The van der Waals surface area contributed by atoms with Gasteiger partial charge in [-0.1, -0.05) is 60.7 Å². The third-order valence-electron chi connectivity index (χ3n) is 5.62. The summed E-state index contributed by atoms with van der Waals surface area (Å²) in [6.45, 7) is 3.84. The van der Waals surface area contributed by atoms with Gasteiger partial charge in [0.2, 0.25) is 5.91 Å². The third-order valence-corrected chi connectivity index (χ3v) is 5.62. The molecule has 0 saturated carbocycles. The Morgan fingerprint density at radius 3 is 2.43 bits per heavy atom. The number of halogens is 1. The van der Waals surface area contributed by atoms with Gasteiger partial charge in [0.05, 0.1) is 6.42 Å². The minimum absolute atomic E-state index is 0.114. The Labute approximate surface area is 177 Å². The first kappa shape index (κ1) is 20.3. The number of hydrogen-bond donors (Lipinski definition) is 1. The van der Waals surface area contributed by atoms with Crippen LogP contribution in [0.2, 0.25) is 0 Å². The van der Waals surface area contributed by atoms with E-state index in [1.54, 1.807) is 12.1 Å². The lowest BCUT2D eigenvalue weighted by Gasteiger charge is -2.15. The molecule has 1 saturated heterocycles. The van der Waals surface area contributed by atoms with Crippen molar-refractivity contribution in [1.29, 1.82) is 0 Å². The van der Waals surface area contributed by atoms with Crippen LogP contribution in [-0.2, 0) is 24.3 Å². The van der Waals surface area contributed by atoms with Crippen molar-refractivity contribution in [2.75, 3.05) is 13.1 Å². The second kappa shape index (κ2) is 9.68. The van der Waals surface area contributed by atoms with Crippen LogP contribution in [0.1, 0.15) is 29.5 Å². The van der Waals surface area contributed by atoms with E-state index < -0.39 is 0 Å². The third kappa shape index (κ3) is 5.33. The molecule has 4 rings (SSSR count). The van der Waals surface area contributed by atoms with Gasteiger partial charge in [0, 0.05) is 13.1 Å². The van der Waals surface area contributed by atoms with Gasteiger partial charge in [0.1, 0.15) is 5.82 Å².